The highest BCUT2D eigenvalue weighted by Gasteiger charge is 2.07. The average Bonchev–Trinajstić information content (AvgIpc) is 2.39. The Bertz CT molecular complexity index is 151. The summed E-state index contributed by atoms with van der Waals surface area (Å²) in [5, 5.41) is 0. The predicted molar refractivity (Wildman–Crippen MR) is 87.7 cm³/mol. The van der Waals surface area contributed by atoms with Crippen LogP contribution >= 0.6 is 0 Å². The van der Waals surface area contributed by atoms with Gasteiger partial charge in [-0.25, -0.2) is 0 Å². The third-order valence-electron chi connectivity index (χ3n) is 3.79. The molecule has 0 saturated carbocycles. The van der Waals surface area contributed by atoms with Crippen molar-refractivity contribution in [3.05, 3.63) is 0 Å². The maximum atomic E-state index is 5.47. The highest BCUT2D eigenvalue weighted by Crippen LogP contribution is 2.21. The molecule has 0 fully saturated rings. The fraction of sp³-hybridized carbons (Fsp3) is 1.00. The first-order valence-corrected chi connectivity index (χ1v) is 8.21. The van der Waals surface area contributed by atoms with Crippen LogP contribution in [-0.4, -0.2) is 22.0 Å². The van der Waals surface area contributed by atoms with Crippen molar-refractivity contribution in [1.29, 1.82) is 0 Å². The van der Waals surface area contributed by atoms with Crippen molar-refractivity contribution >= 4 is 22.0 Å². The van der Waals surface area contributed by atoms with Gasteiger partial charge in [0.25, 0.3) is 0 Å². The van der Waals surface area contributed by atoms with Crippen LogP contribution in [0, 0.1) is 5.92 Å². The molecule has 0 nitrogen and oxygen atoms in total. The SMILES string of the molecule is [B][B][B]C[C@@H](CCCCCC)CCCCCCC. The lowest BCUT2D eigenvalue weighted by atomic mass is 9.26. The van der Waals surface area contributed by atoms with E-state index in [1.165, 1.54) is 76.9 Å². The van der Waals surface area contributed by atoms with Crippen LogP contribution in [0.25, 0.3) is 0 Å². The van der Waals surface area contributed by atoms with Gasteiger partial charge in [0.1, 0.15) is 0 Å². The second kappa shape index (κ2) is 15.3. The van der Waals surface area contributed by atoms with Gasteiger partial charge < -0.3 is 0 Å². The summed E-state index contributed by atoms with van der Waals surface area (Å²) in [4.78, 5) is 0. The largest absolute Gasteiger partial charge is 0.0867 e. The van der Waals surface area contributed by atoms with E-state index in [0.717, 1.165) is 5.92 Å². The van der Waals surface area contributed by atoms with Gasteiger partial charge in [0.15, 0.2) is 0 Å². The van der Waals surface area contributed by atoms with E-state index in [0.29, 0.717) is 0 Å². The van der Waals surface area contributed by atoms with Crippen molar-refractivity contribution in [2.75, 3.05) is 0 Å². The van der Waals surface area contributed by atoms with Crippen LogP contribution in [-0.2, 0) is 0 Å². The minimum atomic E-state index is 0.878. The van der Waals surface area contributed by atoms with E-state index in [9.17, 15) is 0 Å². The van der Waals surface area contributed by atoms with Gasteiger partial charge in [-0.3, -0.25) is 0 Å². The van der Waals surface area contributed by atoms with E-state index in [2.05, 4.69) is 21.0 Å². The second-order valence-corrected chi connectivity index (χ2v) is 5.58. The van der Waals surface area contributed by atoms with Gasteiger partial charge in [-0.1, -0.05) is 90.8 Å². The van der Waals surface area contributed by atoms with Gasteiger partial charge in [0, 0.05) is 14.8 Å². The topological polar surface area (TPSA) is 0 Å². The van der Waals surface area contributed by atoms with Crippen molar-refractivity contribution in [3.63, 3.8) is 0 Å². The highest BCUT2D eigenvalue weighted by atomic mass is 14.1. The zero-order valence-corrected chi connectivity index (χ0v) is 12.8. The fourth-order valence-corrected chi connectivity index (χ4v) is 2.55. The summed E-state index contributed by atoms with van der Waals surface area (Å²) in [6, 6.07) is 0. The summed E-state index contributed by atoms with van der Waals surface area (Å²) in [7, 11) is 9.33. The quantitative estimate of drug-likeness (QED) is 0.305. The van der Waals surface area contributed by atoms with Gasteiger partial charge in [-0.2, -0.15) is 0 Å². The second-order valence-electron chi connectivity index (χ2n) is 5.58. The van der Waals surface area contributed by atoms with Crippen LogP contribution in [0.5, 0.6) is 0 Å². The monoisotopic (exact) mass is 244 g/mol. The first-order valence-electron chi connectivity index (χ1n) is 8.21. The molecule has 0 heterocycles. The van der Waals surface area contributed by atoms with Crippen molar-refractivity contribution < 1.29 is 0 Å². The molecule has 1 atom stereocenters. The summed E-state index contributed by atoms with van der Waals surface area (Å²) >= 11 is 0. The average molecular weight is 244 g/mol. The zero-order chi connectivity index (χ0) is 13.5. The molecule has 0 N–H and O–H groups in total. The third kappa shape index (κ3) is 12.6. The number of hydrogen-bond donors (Lipinski definition) is 0. The highest BCUT2D eigenvalue weighted by molar-refractivity contribution is 7.23. The first kappa shape index (κ1) is 18.2. The van der Waals surface area contributed by atoms with Gasteiger partial charge in [-0.05, 0) is 5.92 Å². The lowest BCUT2D eigenvalue weighted by Crippen LogP contribution is -2.10. The molecule has 0 aromatic carbocycles. The Labute approximate surface area is 119 Å². The first-order chi connectivity index (χ1) is 8.85. The molecular weight excluding hydrogens is 213 g/mol. The molecule has 18 heavy (non-hydrogen) atoms. The molecule has 0 aliphatic heterocycles. The lowest BCUT2D eigenvalue weighted by Gasteiger charge is -2.16. The summed E-state index contributed by atoms with van der Waals surface area (Å²) in [5.74, 6) is 0.878. The standard InChI is InChI=1S/C15H31B3/c1-3-5-7-9-11-13-15(14-17-18-16)12-10-8-6-4-2/h15H,3-14H2,1-2H3/t15-/m0/s1. The normalized spacial score (nSPS) is 12.3. The summed E-state index contributed by atoms with van der Waals surface area (Å²) < 4.78 is 0. The van der Waals surface area contributed by atoms with Crippen LogP contribution in [0.15, 0.2) is 0 Å². The molecule has 0 unspecified atom stereocenters. The van der Waals surface area contributed by atoms with Crippen molar-refractivity contribution in [2.45, 2.75) is 90.8 Å². The van der Waals surface area contributed by atoms with E-state index in [1.54, 1.807) is 7.06 Å². The molecule has 0 rings (SSSR count). The third-order valence-corrected chi connectivity index (χ3v) is 3.79. The maximum absolute atomic E-state index is 5.47. The smallest absolute Gasteiger partial charge is 0.0548 e. The van der Waals surface area contributed by atoms with Crippen LogP contribution < -0.4 is 0 Å². The van der Waals surface area contributed by atoms with E-state index in [-0.39, 0.29) is 0 Å². The number of hydrogen-bond acceptors (Lipinski definition) is 0. The van der Waals surface area contributed by atoms with E-state index in [4.69, 9.17) is 7.74 Å². The Balaban J connectivity index is 3.56. The van der Waals surface area contributed by atoms with Crippen molar-refractivity contribution in [1.82, 2.24) is 0 Å². The lowest BCUT2D eigenvalue weighted by molar-refractivity contribution is 0.434. The summed E-state index contributed by atoms with van der Waals surface area (Å²) in [6.45, 7) is 4.56. The maximum Gasteiger partial charge on any atom is 0.0548 e. The van der Waals surface area contributed by atoms with Crippen LogP contribution in [0.2, 0.25) is 6.32 Å². The molecule has 0 aromatic heterocycles. The van der Waals surface area contributed by atoms with E-state index in [1.807, 2.05) is 0 Å². The Morgan fingerprint density at radius 1 is 0.778 bits per heavy atom. The summed E-state index contributed by atoms with van der Waals surface area (Å²) in [5.41, 5.74) is 0. The van der Waals surface area contributed by atoms with Gasteiger partial charge in [0.2, 0.25) is 0 Å². The van der Waals surface area contributed by atoms with Crippen LogP contribution in [0.1, 0.15) is 84.5 Å². The zero-order valence-electron chi connectivity index (χ0n) is 12.8. The minimum absolute atomic E-state index is 0.878. The molecule has 0 bridgehead atoms. The summed E-state index contributed by atoms with van der Waals surface area (Å²) in [6.07, 6.45) is 16.6. The van der Waals surface area contributed by atoms with E-state index < -0.39 is 0 Å². The van der Waals surface area contributed by atoms with Crippen molar-refractivity contribution in [3.8, 4) is 0 Å². The molecule has 100 valence electrons. The fourth-order valence-electron chi connectivity index (χ4n) is 2.55. The molecule has 4 radical (unpaired) electrons. The Kier molecular flexibility index (Phi) is 15.4. The Hall–Kier alpha value is 0.195. The van der Waals surface area contributed by atoms with Gasteiger partial charge >= 0.3 is 0 Å². The number of unbranched alkanes of at least 4 members (excludes halogenated alkanes) is 7. The van der Waals surface area contributed by atoms with Crippen molar-refractivity contribution in [2.24, 2.45) is 5.92 Å². The minimum Gasteiger partial charge on any atom is -0.0867 e. The van der Waals surface area contributed by atoms with Crippen LogP contribution in [0.3, 0.4) is 0 Å². The van der Waals surface area contributed by atoms with Gasteiger partial charge in [0.05, 0.1) is 7.17 Å². The molecule has 0 saturated heterocycles. The molecule has 3 heteroatoms. The molecular formula is C15H31B3. The van der Waals surface area contributed by atoms with Gasteiger partial charge in [-0.15, -0.1) is 0 Å². The Morgan fingerprint density at radius 3 is 1.78 bits per heavy atom. The molecule has 0 aliphatic carbocycles. The van der Waals surface area contributed by atoms with Crippen LogP contribution in [0.4, 0.5) is 0 Å². The Morgan fingerprint density at radius 2 is 1.28 bits per heavy atom. The van der Waals surface area contributed by atoms with E-state index >= 15 is 0 Å². The molecule has 0 amide bonds. The molecule has 0 spiro atoms. The predicted octanol–water partition coefficient (Wildman–Crippen LogP) is 4.76. The number of rotatable bonds is 14. The molecule has 0 aromatic rings. The molecule has 0 aliphatic rings.